The van der Waals surface area contributed by atoms with Gasteiger partial charge in [0.25, 0.3) is 5.78 Å². The number of benzene rings is 2. The average Bonchev–Trinajstić information content (AvgIpc) is 3.33. The number of carbonyl (C=O) groups is 2. The van der Waals surface area contributed by atoms with Gasteiger partial charge < -0.3 is 19.1 Å². The summed E-state index contributed by atoms with van der Waals surface area (Å²) in [6.45, 7) is 1.62. The van der Waals surface area contributed by atoms with Crippen molar-refractivity contribution in [1.29, 1.82) is 0 Å². The van der Waals surface area contributed by atoms with Gasteiger partial charge in [0, 0.05) is 17.2 Å². The molecule has 3 aromatic rings. The molecule has 1 amide bonds. The van der Waals surface area contributed by atoms with Crippen LogP contribution in [0.2, 0.25) is 0 Å². The summed E-state index contributed by atoms with van der Waals surface area (Å²) in [6, 6.07) is 10.4. The first-order chi connectivity index (χ1) is 15.4. The Morgan fingerprint density at radius 2 is 1.81 bits per heavy atom. The lowest BCUT2D eigenvalue weighted by Gasteiger charge is -2.23. The number of aliphatic hydroxyl groups excluding tert-OH is 1. The summed E-state index contributed by atoms with van der Waals surface area (Å²) in [6.07, 6.45) is 0. The van der Waals surface area contributed by atoms with Gasteiger partial charge in [0.15, 0.2) is 17.3 Å². The highest BCUT2D eigenvalue weighted by Gasteiger charge is 2.49. The van der Waals surface area contributed by atoms with E-state index in [4.69, 9.17) is 14.0 Å². The van der Waals surface area contributed by atoms with E-state index in [1.54, 1.807) is 19.1 Å². The molecule has 2 aromatic carbocycles. The van der Waals surface area contributed by atoms with E-state index >= 15 is 0 Å². The van der Waals surface area contributed by atoms with E-state index in [1.807, 2.05) is 0 Å². The van der Waals surface area contributed by atoms with E-state index in [1.165, 1.54) is 50.6 Å². The lowest BCUT2D eigenvalue weighted by atomic mass is 9.95. The predicted molar refractivity (Wildman–Crippen MR) is 112 cm³/mol. The second kappa shape index (κ2) is 8.18. The third-order valence-corrected chi connectivity index (χ3v) is 5.16. The zero-order chi connectivity index (χ0) is 23.0. The predicted octanol–water partition coefficient (Wildman–Crippen LogP) is 3.77. The number of halogens is 1. The van der Waals surface area contributed by atoms with Crippen molar-refractivity contribution >= 4 is 23.3 Å². The lowest BCUT2D eigenvalue weighted by Crippen LogP contribution is -2.30. The minimum Gasteiger partial charge on any atom is -0.507 e. The SMILES string of the molecule is COc1ccc(C(O)=C2C(=O)C(=O)N(c3cc(C)on3)[C@H]2c2ccccc2F)cc1OC. The maximum atomic E-state index is 14.8. The summed E-state index contributed by atoms with van der Waals surface area (Å²) in [5.41, 5.74) is -0.0688. The van der Waals surface area contributed by atoms with Crippen LogP contribution in [0.5, 0.6) is 11.5 Å². The Bertz CT molecular complexity index is 1250. The summed E-state index contributed by atoms with van der Waals surface area (Å²) >= 11 is 0. The highest BCUT2D eigenvalue weighted by atomic mass is 19.1. The van der Waals surface area contributed by atoms with Gasteiger partial charge in [-0.15, -0.1) is 0 Å². The second-order valence-electron chi connectivity index (χ2n) is 7.06. The monoisotopic (exact) mass is 438 g/mol. The zero-order valence-electron chi connectivity index (χ0n) is 17.5. The maximum absolute atomic E-state index is 14.8. The Balaban J connectivity index is 1.96. The number of rotatable bonds is 5. The van der Waals surface area contributed by atoms with Gasteiger partial charge in [-0.2, -0.15) is 0 Å². The van der Waals surface area contributed by atoms with Crippen LogP contribution in [0.1, 0.15) is 22.9 Å². The number of anilines is 1. The number of ketones is 1. The van der Waals surface area contributed by atoms with E-state index < -0.39 is 29.3 Å². The van der Waals surface area contributed by atoms with Gasteiger partial charge in [-0.3, -0.25) is 14.5 Å². The normalized spacial score (nSPS) is 17.6. The first-order valence-corrected chi connectivity index (χ1v) is 9.58. The number of aliphatic hydroxyl groups is 1. The van der Waals surface area contributed by atoms with Gasteiger partial charge >= 0.3 is 5.91 Å². The van der Waals surface area contributed by atoms with Crippen LogP contribution in [-0.2, 0) is 9.59 Å². The topological polar surface area (TPSA) is 102 Å². The fourth-order valence-corrected chi connectivity index (χ4v) is 3.67. The lowest BCUT2D eigenvalue weighted by molar-refractivity contribution is -0.132. The van der Waals surface area contributed by atoms with Crippen molar-refractivity contribution in [3.8, 4) is 11.5 Å². The van der Waals surface area contributed by atoms with Crippen LogP contribution < -0.4 is 14.4 Å². The molecule has 0 aliphatic carbocycles. The fraction of sp³-hybridized carbons (Fsp3) is 0.174. The molecule has 0 bridgehead atoms. The van der Waals surface area contributed by atoms with E-state index in [2.05, 4.69) is 5.16 Å². The van der Waals surface area contributed by atoms with Gasteiger partial charge in [0.05, 0.1) is 25.8 Å². The second-order valence-corrected chi connectivity index (χ2v) is 7.06. The van der Waals surface area contributed by atoms with Gasteiger partial charge in [-0.1, -0.05) is 23.4 Å². The van der Waals surface area contributed by atoms with E-state index in [0.717, 1.165) is 4.90 Å². The highest BCUT2D eigenvalue weighted by Crippen LogP contribution is 2.43. The third-order valence-electron chi connectivity index (χ3n) is 5.16. The zero-order valence-corrected chi connectivity index (χ0v) is 17.5. The average molecular weight is 438 g/mol. The van der Waals surface area contributed by atoms with Crippen molar-refractivity contribution in [3.63, 3.8) is 0 Å². The van der Waals surface area contributed by atoms with Crippen LogP contribution in [0, 0.1) is 12.7 Å². The number of carbonyl (C=O) groups excluding carboxylic acids is 2. The van der Waals surface area contributed by atoms with Crippen LogP contribution >= 0.6 is 0 Å². The molecule has 1 fully saturated rings. The summed E-state index contributed by atoms with van der Waals surface area (Å²) < 4.78 is 30.3. The molecule has 1 aliphatic heterocycles. The van der Waals surface area contributed by atoms with Crippen LogP contribution in [0.3, 0.4) is 0 Å². The molecule has 1 aromatic heterocycles. The summed E-state index contributed by atoms with van der Waals surface area (Å²) in [4.78, 5) is 27.0. The van der Waals surface area contributed by atoms with Crippen molar-refractivity contribution in [2.75, 3.05) is 19.1 Å². The number of amides is 1. The Morgan fingerprint density at radius 3 is 2.44 bits per heavy atom. The number of hydrogen-bond donors (Lipinski definition) is 1. The molecule has 1 atom stereocenters. The van der Waals surface area contributed by atoms with Gasteiger partial charge in [-0.25, -0.2) is 4.39 Å². The van der Waals surface area contributed by atoms with E-state index in [-0.39, 0.29) is 22.5 Å². The van der Waals surface area contributed by atoms with Crippen LogP contribution in [0.15, 0.2) is 58.6 Å². The van der Waals surface area contributed by atoms with Crippen LogP contribution in [-0.4, -0.2) is 36.2 Å². The molecule has 8 nitrogen and oxygen atoms in total. The molecule has 0 spiro atoms. The quantitative estimate of drug-likeness (QED) is 0.368. The minimum absolute atomic E-state index is 0.0226. The number of hydrogen-bond acceptors (Lipinski definition) is 7. The Kier molecular flexibility index (Phi) is 5.40. The molecule has 0 radical (unpaired) electrons. The fourth-order valence-electron chi connectivity index (χ4n) is 3.67. The van der Waals surface area contributed by atoms with Crippen molar-refractivity contribution in [2.24, 2.45) is 0 Å². The summed E-state index contributed by atoms with van der Waals surface area (Å²) in [5, 5.41) is 14.9. The maximum Gasteiger partial charge on any atom is 0.301 e. The first-order valence-electron chi connectivity index (χ1n) is 9.58. The van der Waals surface area contributed by atoms with Crippen molar-refractivity contribution in [1.82, 2.24) is 5.16 Å². The number of ether oxygens (including phenoxy) is 2. The van der Waals surface area contributed by atoms with Gasteiger partial charge in [0.1, 0.15) is 17.3 Å². The molecule has 1 N–H and O–H groups in total. The minimum atomic E-state index is -1.26. The third kappa shape index (κ3) is 3.37. The molecule has 4 rings (SSSR count). The Labute approximate surface area is 182 Å². The van der Waals surface area contributed by atoms with Gasteiger partial charge in [0.2, 0.25) is 0 Å². The van der Waals surface area contributed by atoms with Gasteiger partial charge in [-0.05, 0) is 31.2 Å². The molecule has 2 heterocycles. The number of aromatic nitrogens is 1. The number of nitrogens with zero attached hydrogens (tertiary/aromatic N) is 2. The van der Waals surface area contributed by atoms with Crippen molar-refractivity contribution in [3.05, 3.63) is 76.8 Å². The molecule has 0 unspecified atom stereocenters. The molecule has 1 saturated heterocycles. The van der Waals surface area contributed by atoms with E-state index in [9.17, 15) is 19.1 Å². The Morgan fingerprint density at radius 1 is 1.09 bits per heavy atom. The largest absolute Gasteiger partial charge is 0.507 e. The first kappa shape index (κ1) is 21.1. The molecule has 0 saturated carbocycles. The molecular formula is C23H19FN2O6. The van der Waals surface area contributed by atoms with Crippen molar-refractivity contribution < 1.29 is 33.1 Å². The molecule has 9 heteroatoms. The van der Waals surface area contributed by atoms with Crippen LogP contribution in [0.25, 0.3) is 5.76 Å². The Hall–Kier alpha value is -4.14. The number of methoxy groups -OCH3 is 2. The van der Waals surface area contributed by atoms with Crippen molar-refractivity contribution in [2.45, 2.75) is 13.0 Å². The molecular weight excluding hydrogens is 419 g/mol. The molecule has 164 valence electrons. The van der Waals surface area contributed by atoms with E-state index in [0.29, 0.717) is 17.3 Å². The number of aryl methyl sites for hydroxylation is 1. The smallest absolute Gasteiger partial charge is 0.301 e. The standard InChI is InChI=1S/C23H19FN2O6/c1-12-10-18(25-32-12)26-20(14-6-4-5-7-15(14)24)19(22(28)23(26)29)21(27)13-8-9-16(30-2)17(11-13)31-3/h4-11,20,27H,1-3H3/t20-/m0/s1. The summed E-state index contributed by atoms with van der Waals surface area (Å²) in [5.74, 6) is -1.94. The van der Waals surface area contributed by atoms with Crippen LogP contribution in [0.4, 0.5) is 10.2 Å². The molecule has 32 heavy (non-hydrogen) atoms. The molecule has 1 aliphatic rings. The summed E-state index contributed by atoms with van der Waals surface area (Å²) in [7, 11) is 2.88. The highest BCUT2D eigenvalue weighted by molar-refractivity contribution is 6.51. The number of Topliss-reactive ketones (excluding diaryl/α,β-unsaturated/α-hetero) is 1.